The first-order valence-corrected chi connectivity index (χ1v) is 39.1. The molecule has 0 saturated carbocycles. The number of carbonyl (C=O) groups excluding carboxylic acids is 2. The summed E-state index contributed by atoms with van der Waals surface area (Å²) in [7, 11) is 2.21. The molecule has 0 aliphatic carbocycles. The molecule has 1 aliphatic heterocycles. The SMILES string of the molecule is CCCCC/C=C\C/C=C\CCCCCCCC(CCCCCCC/C=C\C/C=C\CCCCC)OC(=O)CCN(CCC(=O)OC(CCCCCCC/C=C\C/C=C\CCCCC)CCCCCCC/C=C\C/C=C\CCCCC)CCN1CCN(C)CC1. The lowest BCUT2D eigenvalue weighted by atomic mass is 10.0. The number of nitrogens with zero attached hydrogens (tertiary/aromatic N) is 3. The quantitative estimate of drug-likeness (QED) is 0.0342. The second kappa shape index (κ2) is 70.1. The van der Waals surface area contributed by atoms with Crippen molar-refractivity contribution in [1.29, 1.82) is 0 Å². The molecule has 0 bridgehead atoms. The van der Waals surface area contributed by atoms with Crippen LogP contribution in [0.4, 0.5) is 0 Å². The van der Waals surface area contributed by atoms with Crippen LogP contribution >= 0.6 is 0 Å². The number of hydrogen-bond donors (Lipinski definition) is 0. The van der Waals surface area contributed by atoms with E-state index in [-0.39, 0.29) is 24.1 Å². The number of carbonyl (C=O) groups is 2. The van der Waals surface area contributed by atoms with Crippen molar-refractivity contribution in [2.75, 3.05) is 59.4 Å². The van der Waals surface area contributed by atoms with Gasteiger partial charge in [0.25, 0.3) is 0 Å². The normalized spacial score (nSPS) is 14.0. The van der Waals surface area contributed by atoms with Gasteiger partial charge < -0.3 is 19.3 Å². The highest BCUT2D eigenvalue weighted by molar-refractivity contribution is 5.70. The number of hydrogen-bond acceptors (Lipinski definition) is 7. The molecule has 1 fully saturated rings. The Hall–Kier alpha value is -3.26. The average Bonchev–Trinajstić information content (AvgIpc) is 3.68. The van der Waals surface area contributed by atoms with E-state index in [2.05, 4.69) is 147 Å². The highest BCUT2D eigenvalue weighted by Crippen LogP contribution is 2.21. The van der Waals surface area contributed by atoms with E-state index < -0.39 is 0 Å². The highest BCUT2D eigenvalue weighted by Gasteiger charge is 2.21. The van der Waals surface area contributed by atoms with Gasteiger partial charge in [-0.3, -0.25) is 14.5 Å². The third kappa shape index (κ3) is 62.2. The highest BCUT2D eigenvalue weighted by atomic mass is 16.5. The maximum absolute atomic E-state index is 13.9. The minimum Gasteiger partial charge on any atom is -0.462 e. The molecular formula is C83H149N3O4. The zero-order valence-electron chi connectivity index (χ0n) is 60.4. The average molecular weight is 1250 g/mol. The molecule has 0 spiro atoms. The van der Waals surface area contributed by atoms with Gasteiger partial charge in [0.05, 0.1) is 12.8 Å². The second-order valence-electron chi connectivity index (χ2n) is 26.8. The van der Waals surface area contributed by atoms with Crippen LogP contribution in [0.3, 0.4) is 0 Å². The van der Waals surface area contributed by atoms with Crippen LogP contribution in [0.5, 0.6) is 0 Å². The van der Waals surface area contributed by atoms with Crippen molar-refractivity contribution < 1.29 is 19.1 Å². The molecule has 0 aromatic rings. The van der Waals surface area contributed by atoms with Crippen LogP contribution in [0.15, 0.2) is 97.2 Å². The topological polar surface area (TPSA) is 62.3 Å². The van der Waals surface area contributed by atoms with Crippen molar-refractivity contribution in [3.63, 3.8) is 0 Å². The van der Waals surface area contributed by atoms with E-state index in [1.54, 1.807) is 0 Å². The number of allylic oxidation sites excluding steroid dienone is 16. The van der Waals surface area contributed by atoms with Gasteiger partial charge in [-0.05, 0) is 187 Å². The van der Waals surface area contributed by atoms with E-state index >= 15 is 0 Å². The van der Waals surface area contributed by atoms with Crippen LogP contribution in [-0.4, -0.2) is 98.3 Å². The first-order valence-electron chi connectivity index (χ1n) is 39.1. The molecule has 1 heterocycles. The molecule has 1 aliphatic rings. The predicted molar refractivity (Wildman–Crippen MR) is 397 cm³/mol. The van der Waals surface area contributed by atoms with Gasteiger partial charge in [-0.25, -0.2) is 0 Å². The van der Waals surface area contributed by atoms with E-state index in [0.717, 1.165) is 116 Å². The molecule has 520 valence electrons. The van der Waals surface area contributed by atoms with Gasteiger partial charge in [0, 0.05) is 52.4 Å². The van der Waals surface area contributed by atoms with Crippen molar-refractivity contribution >= 4 is 11.9 Å². The summed E-state index contributed by atoms with van der Waals surface area (Å²) in [6.45, 7) is 16.3. The van der Waals surface area contributed by atoms with E-state index in [9.17, 15) is 9.59 Å². The summed E-state index contributed by atoms with van der Waals surface area (Å²) < 4.78 is 12.8. The lowest BCUT2D eigenvalue weighted by Crippen LogP contribution is -2.47. The Balaban J connectivity index is 2.87. The van der Waals surface area contributed by atoms with Crippen molar-refractivity contribution in [3.05, 3.63) is 97.2 Å². The number of ether oxygens (including phenoxy) is 2. The maximum Gasteiger partial charge on any atom is 0.307 e. The van der Waals surface area contributed by atoms with Crippen molar-refractivity contribution in [2.45, 2.75) is 361 Å². The Labute approximate surface area is 560 Å². The monoisotopic (exact) mass is 1250 g/mol. The van der Waals surface area contributed by atoms with Crippen LogP contribution in [-0.2, 0) is 19.1 Å². The minimum absolute atomic E-state index is 0.0155. The molecule has 0 radical (unpaired) electrons. The molecule has 0 amide bonds. The van der Waals surface area contributed by atoms with Crippen LogP contribution < -0.4 is 0 Å². The maximum atomic E-state index is 13.9. The number of unbranched alkanes of at least 4 members (excludes halogenated alkanes) is 32. The Kier molecular flexibility index (Phi) is 66.0. The van der Waals surface area contributed by atoms with Gasteiger partial charge in [0.1, 0.15) is 12.2 Å². The number of likely N-dealkylation sites (N-methyl/N-ethyl adjacent to an activating group) is 1. The van der Waals surface area contributed by atoms with E-state index in [1.807, 2.05) is 0 Å². The fourth-order valence-electron chi connectivity index (χ4n) is 11.9. The predicted octanol–water partition coefficient (Wildman–Crippen LogP) is 24.4. The van der Waals surface area contributed by atoms with Crippen LogP contribution in [0, 0.1) is 0 Å². The molecule has 7 heteroatoms. The first-order chi connectivity index (χ1) is 44.4. The van der Waals surface area contributed by atoms with Crippen LogP contribution in [0.25, 0.3) is 0 Å². The third-order valence-corrected chi connectivity index (χ3v) is 18.1. The standard InChI is InChI=1S/C83H149N3O4/c1-6-10-14-18-22-26-30-34-38-42-46-50-54-58-62-66-80(67-63-59-55-51-47-43-39-35-31-27-23-19-15-11-7-2)89-82(87)70-72-85(78-79-86-76-74-84(5)75-77-86)73-71-83(88)90-81(68-64-60-56-52-48-44-40-36-32-28-24-20-16-12-8-3)69-65-61-57-53-49-45-41-37-33-29-25-21-17-13-9-4/h22-29,34-41,80-81H,6-21,30-33,42-79H2,1-5H3/b26-22-,27-23-,28-24-,29-25-,38-34-,39-35-,40-36-,41-37-. The fourth-order valence-corrected chi connectivity index (χ4v) is 11.9. The van der Waals surface area contributed by atoms with Gasteiger partial charge in [-0.15, -0.1) is 0 Å². The zero-order valence-corrected chi connectivity index (χ0v) is 60.4. The molecule has 0 unspecified atom stereocenters. The Morgan fingerprint density at radius 1 is 0.322 bits per heavy atom. The summed E-state index contributed by atoms with van der Waals surface area (Å²) in [5, 5.41) is 0. The number of rotatable bonds is 67. The molecular weight excluding hydrogens is 1100 g/mol. The summed E-state index contributed by atoms with van der Waals surface area (Å²) in [5.74, 6) is -0.153. The first kappa shape index (κ1) is 84.8. The van der Waals surface area contributed by atoms with Gasteiger partial charge in [0.15, 0.2) is 0 Å². The summed E-state index contributed by atoms with van der Waals surface area (Å²) in [5.41, 5.74) is 0. The van der Waals surface area contributed by atoms with Crippen molar-refractivity contribution in [3.8, 4) is 0 Å². The second-order valence-corrected chi connectivity index (χ2v) is 26.8. The van der Waals surface area contributed by atoms with Gasteiger partial charge in [-0.2, -0.15) is 0 Å². The lowest BCUT2D eigenvalue weighted by Gasteiger charge is -2.34. The van der Waals surface area contributed by atoms with E-state index in [4.69, 9.17) is 9.47 Å². The van der Waals surface area contributed by atoms with Gasteiger partial charge in [0.2, 0.25) is 0 Å². The van der Waals surface area contributed by atoms with Crippen molar-refractivity contribution in [2.24, 2.45) is 0 Å². The smallest absolute Gasteiger partial charge is 0.307 e. The van der Waals surface area contributed by atoms with Crippen LogP contribution in [0.2, 0.25) is 0 Å². The lowest BCUT2D eigenvalue weighted by molar-refractivity contribution is -0.150. The minimum atomic E-state index is -0.0767. The fraction of sp³-hybridized carbons (Fsp3) is 0.783. The summed E-state index contributed by atoms with van der Waals surface area (Å²) in [6.07, 6.45) is 95.7. The molecule has 90 heavy (non-hydrogen) atoms. The molecule has 0 aromatic heterocycles. The number of esters is 2. The molecule has 1 rings (SSSR count). The van der Waals surface area contributed by atoms with E-state index in [0.29, 0.717) is 25.9 Å². The zero-order chi connectivity index (χ0) is 64.8. The van der Waals surface area contributed by atoms with E-state index in [1.165, 1.54) is 231 Å². The van der Waals surface area contributed by atoms with Crippen LogP contribution in [0.1, 0.15) is 349 Å². The summed E-state index contributed by atoms with van der Waals surface area (Å²) in [6, 6.07) is 0. The summed E-state index contributed by atoms with van der Waals surface area (Å²) in [4.78, 5) is 35.1. The third-order valence-electron chi connectivity index (χ3n) is 18.1. The molecule has 0 atom stereocenters. The Morgan fingerprint density at radius 2 is 0.567 bits per heavy atom. The van der Waals surface area contributed by atoms with Crippen molar-refractivity contribution in [1.82, 2.24) is 14.7 Å². The molecule has 1 saturated heterocycles. The Bertz CT molecular complexity index is 1560. The van der Waals surface area contributed by atoms with Gasteiger partial charge in [-0.1, -0.05) is 253 Å². The molecule has 0 aromatic carbocycles. The number of piperazine rings is 1. The largest absolute Gasteiger partial charge is 0.462 e. The summed E-state index contributed by atoms with van der Waals surface area (Å²) >= 11 is 0. The molecule has 0 N–H and O–H groups in total. The van der Waals surface area contributed by atoms with Gasteiger partial charge >= 0.3 is 11.9 Å². The Morgan fingerprint density at radius 3 is 0.833 bits per heavy atom. The molecule has 7 nitrogen and oxygen atoms in total.